The minimum atomic E-state index is 0.647. The van der Waals surface area contributed by atoms with E-state index in [4.69, 9.17) is 0 Å². The molecule has 0 spiro atoms. The maximum absolute atomic E-state index is 4.30. The molecule has 2 rings (SSSR count). The number of rotatable bonds is 2. The fourth-order valence-electron chi connectivity index (χ4n) is 1.67. The summed E-state index contributed by atoms with van der Waals surface area (Å²) >= 11 is 0. The average Bonchev–Trinajstić information content (AvgIpc) is 2.19. The molecule has 1 fully saturated rings. The molecule has 0 aromatic carbocycles. The Morgan fingerprint density at radius 2 is 2.14 bits per heavy atom. The second-order valence-electron chi connectivity index (χ2n) is 3.57. The van der Waals surface area contributed by atoms with Crippen LogP contribution < -0.4 is 5.32 Å². The lowest BCUT2D eigenvalue weighted by molar-refractivity contribution is 0.264. The first kappa shape index (κ1) is 9.54. The van der Waals surface area contributed by atoms with Crippen LogP contribution in [0.5, 0.6) is 0 Å². The van der Waals surface area contributed by atoms with Gasteiger partial charge in [0, 0.05) is 32.7 Å². The van der Waals surface area contributed by atoms with Gasteiger partial charge in [0.15, 0.2) is 0 Å². The van der Waals surface area contributed by atoms with Crippen molar-refractivity contribution in [2.24, 2.45) is 15.4 Å². The van der Waals surface area contributed by atoms with Crippen LogP contribution >= 0.6 is 0 Å². The lowest BCUT2D eigenvalue weighted by Gasteiger charge is -2.27. The molecule has 0 amide bonds. The van der Waals surface area contributed by atoms with Crippen LogP contribution in [0.2, 0.25) is 0 Å². The Hall–Kier alpha value is -1.01. The van der Waals surface area contributed by atoms with Crippen LogP contribution in [0.1, 0.15) is 0 Å². The molecule has 1 saturated heterocycles. The molecule has 0 atom stereocenters. The van der Waals surface area contributed by atoms with Crippen LogP contribution in [0.15, 0.2) is 15.4 Å². The third-order valence-corrected chi connectivity index (χ3v) is 2.35. The van der Waals surface area contributed by atoms with E-state index in [9.17, 15) is 0 Å². The minimum Gasteiger partial charge on any atom is -0.314 e. The van der Waals surface area contributed by atoms with Crippen LogP contribution in [0.25, 0.3) is 0 Å². The molecule has 78 valence electrons. The van der Waals surface area contributed by atoms with Crippen molar-refractivity contribution in [3.63, 3.8) is 0 Å². The van der Waals surface area contributed by atoms with Gasteiger partial charge < -0.3 is 5.32 Å². The standard InChI is InChI=1S/C8H16N6/c1-13-11-8(6-10-12-13)7-14-4-2-9-3-5-14/h9H,2-7H2,1H3. The maximum atomic E-state index is 4.30. The van der Waals surface area contributed by atoms with E-state index in [-0.39, 0.29) is 0 Å². The van der Waals surface area contributed by atoms with Gasteiger partial charge in [-0.25, -0.2) is 0 Å². The van der Waals surface area contributed by atoms with Gasteiger partial charge in [-0.2, -0.15) is 15.3 Å². The molecule has 0 radical (unpaired) electrons. The van der Waals surface area contributed by atoms with E-state index in [2.05, 4.69) is 25.7 Å². The van der Waals surface area contributed by atoms with Crippen molar-refractivity contribution in [2.45, 2.75) is 0 Å². The monoisotopic (exact) mass is 196 g/mol. The Morgan fingerprint density at radius 3 is 2.86 bits per heavy atom. The van der Waals surface area contributed by atoms with E-state index >= 15 is 0 Å². The molecule has 6 heteroatoms. The van der Waals surface area contributed by atoms with Gasteiger partial charge >= 0.3 is 0 Å². The molecular formula is C8H16N6. The quantitative estimate of drug-likeness (QED) is 0.651. The van der Waals surface area contributed by atoms with Gasteiger partial charge in [0.05, 0.1) is 12.8 Å². The van der Waals surface area contributed by atoms with E-state index in [0.717, 1.165) is 38.4 Å². The largest absolute Gasteiger partial charge is 0.314 e. The zero-order valence-electron chi connectivity index (χ0n) is 8.48. The molecule has 6 nitrogen and oxygen atoms in total. The summed E-state index contributed by atoms with van der Waals surface area (Å²) in [5.41, 5.74) is 1.10. The van der Waals surface area contributed by atoms with Crippen LogP contribution in [0, 0.1) is 0 Å². The molecular weight excluding hydrogens is 180 g/mol. The fraction of sp³-hybridized carbons (Fsp3) is 0.875. The smallest absolute Gasteiger partial charge is 0.103 e. The second kappa shape index (κ2) is 4.47. The summed E-state index contributed by atoms with van der Waals surface area (Å²) in [7, 11) is 1.81. The van der Waals surface area contributed by atoms with Crippen LogP contribution in [0.3, 0.4) is 0 Å². The third kappa shape index (κ3) is 2.49. The highest BCUT2D eigenvalue weighted by atomic mass is 15.7. The number of hydrogen-bond acceptors (Lipinski definition) is 6. The second-order valence-corrected chi connectivity index (χ2v) is 3.57. The predicted molar refractivity (Wildman–Crippen MR) is 54.2 cm³/mol. The Bertz CT molecular complexity index is 242. The molecule has 0 aliphatic carbocycles. The topological polar surface area (TPSA) is 55.6 Å². The van der Waals surface area contributed by atoms with Crippen LogP contribution in [0.4, 0.5) is 0 Å². The van der Waals surface area contributed by atoms with Crippen molar-refractivity contribution in [1.82, 2.24) is 15.3 Å². The van der Waals surface area contributed by atoms with E-state index in [1.54, 1.807) is 7.05 Å². The van der Waals surface area contributed by atoms with Crippen molar-refractivity contribution in [1.29, 1.82) is 0 Å². The molecule has 0 unspecified atom stereocenters. The summed E-state index contributed by atoms with van der Waals surface area (Å²) in [5, 5.41) is 17.0. The zero-order valence-corrected chi connectivity index (χ0v) is 8.48. The summed E-state index contributed by atoms with van der Waals surface area (Å²) in [6, 6.07) is 0. The lowest BCUT2D eigenvalue weighted by Crippen LogP contribution is -2.46. The summed E-state index contributed by atoms with van der Waals surface area (Å²) in [6.07, 6.45) is 0. The SMILES string of the molecule is CN1N=NCC(CN2CCNCC2)=N1. The lowest BCUT2D eigenvalue weighted by atomic mass is 10.3. The maximum Gasteiger partial charge on any atom is 0.103 e. The summed E-state index contributed by atoms with van der Waals surface area (Å²) in [6.45, 7) is 5.91. The first-order chi connectivity index (χ1) is 6.84. The molecule has 0 bridgehead atoms. The Balaban J connectivity index is 1.84. The van der Waals surface area contributed by atoms with Gasteiger partial charge in [-0.15, -0.1) is 0 Å². The minimum absolute atomic E-state index is 0.647. The number of hydrazone groups is 1. The normalized spacial score (nSPS) is 23.8. The van der Waals surface area contributed by atoms with Crippen LogP contribution in [-0.2, 0) is 0 Å². The number of hydrogen-bond donors (Lipinski definition) is 1. The molecule has 2 aliphatic heterocycles. The van der Waals surface area contributed by atoms with Gasteiger partial charge in [-0.05, 0) is 0 Å². The first-order valence-corrected chi connectivity index (χ1v) is 4.95. The zero-order chi connectivity index (χ0) is 9.80. The van der Waals surface area contributed by atoms with Crippen molar-refractivity contribution >= 4 is 5.71 Å². The van der Waals surface area contributed by atoms with Crippen molar-refractivity contribution < 1.29 is 0 Å². The van der Waals surface area contributed by atoms with Crippen molar-refractivity contribution in [3.8, 4) is 0 Å². The van der Waals surface area contributed by atoms with E-state index in [1.165, 1.54) is 5.12 Å². The summed E-state index contributed by atoms with van der Waals surface area (Å²) in [4.78, 5) is 2.39. The third-order valence-electron chi connectivity index (χ3n) is 2.35. The van der Waals surface area contributed by atoms with Gasteiger partial charge in [-0.3, -0.25) is 4.90 Å². The Labute approximate surface area is 83.6 Å². The van der Waals surface area contributed by atoms with Gasteiger partial charge in [0.2, 0.25) is 0 Å². The first-order valence-electron chi connectivity index (χ1n) is 4.95. The molecule has 14 heavy (non-hydrogen) atoms. The highest BCUT2D eigenvalue weighted by Crippen LogP contribution is 2.00. The predicted octanol–water partition coefficient (Wildman–Crippen LogP) is -0.440. The molecule has 0 aromatic rings. The highest BCUT2D eigenvalue weighted by molar-refractivity contribution is 5.88. The van der Waals surface area contributed by atoms with Gasteiger partial charge in [0.25, 0.3) is 0 Å². The molecule has 2 heterocycles. The highest BCUT2D eigenvalue weighted by Gasteiger charge is 2.14. The number of nitrogens with one attached hydrogen (secondary N) is 1. The molecule has 0 saturated carbocycles. The molecule has 1 N–H and O–H groups in total. The van der Waals surface area contributed by atoms with Gasteiger partial charge in [0.1, 0.15) is 6.54 Å². The number of nitrogens with zero attached hydrogens (tertiary/aromatic N) is 5. The Kier molecular flexibility index (Phi) is 3.05. The van der Waals surface area contributed by atoms with Crippen molar-refractivity contribution in [3.05, 3.63) is 0 Å². The van der Waals surface area contributed by atoms with Crippen molar-refractivity contribution in [2.75, 3.05) is 46.3 Å². The van der Waals surface area contributed by atoms with E-state index < -0.39 is 0 Å². The summed E-state index contributed by atoms with van der Waals surface area (Å²) < 4.78 is 0. The van der Waals surface area contributed by atoms with Crippen LogP contribution in [-0.4, -0.2) is 62.0 Å². The fourth-order valence-corrected chi connectivity index (χ4v) is 1.67. The van der Waals surface area contributed by atoms with E-state index in [0.29, 0.717) is 6.54 Å². The summed E-state index contributed by atoms with van der Waals surface area (Å²) in [5.74, 6) is 0. The molecule has 0 aromatic heterocycles. The van der Waals surface area contributed by atoms with Gasteiger partial charge in [-0.1, -0.05) is 5.22 Å². The Morgan fingerprint density at radius 1 is 1.36 bits per heavy atom. The molecule has 2 aliphatic rings. The average molecular weight is 196 g/mol. The van der Waals surface area contributed by atoms with E-state index in [1.807, 2.05) is 0 Å². The number of piperazine rings is 1.